The first-order valence-electron chi connectivity index (χ1n) is 9.89. The van der Waals surface area contributed by atoms with Gasteiger partial charge in [0, 0.05) is 30.1 Å². The van der Waals surface area contributed by atoms with Gasteiger partial charge in [0.1, 0.15) is 17.5 Å². The number of nitrogens with one attached hydrogen (secondary N) is 1. The van der Waals surface area contributed by atoms with Crippen LogP contribution in [0.3, 0.4) is 0 Å². The van der Waals surface area contributed by atoms with E-state index in [2.05, 4.69) is 10.3 Å². The Kier molecular flexibility index (Phi) is 5.84. The second-order valence-electron chi connectivity index (χ2n) is 7.18. The molecular weight excluding hydrogens is 394 g/mol. The molecule has 0 saturated heterocycles. The first-order valence-corrected chi connectivity index (χ1v) is 9.89. The van der Waals surface area contributed by atoms with Crippen molar-refractivity contribution in [3.8, 4) is 11.5 Å². The molecule has 2 heterocycles. The number of benzene rings is 2. The summed E-state index contributed by atoms with van der Waals surface area (Å²) in [4.78, 5) is 32.1. The van der Waals surface area contributed by atoms with Crippen molar-refractivity contribution < 1.29 is 19.1 Å². The number of methoxy groups -OCH3 is 2. The smallest absolute Gasteiger partial charge is 0.255 e. The van der Waals surface area contributed by atoms with Crippen LogP contribution in [0.4, 0.5) is 0 Å². The molecule has 3 aromatic rings. The number of carbonyl (C=O) groups excluding carboxylic acids is 2. The quantitative estimate of drug-likeness (QED) is 0.639. The fourth-order valence-electron chi connectivity index (χ4n) is 3.79. The number of carbonyl (C=O) groups is 2. The zero-order chi connectivity index (χ0) is 21.8. The Hall–Kier alpha value is -3.87. The second kappa shape index (κ2) is 8.87. The molecule has 1 aliphatic rings. The molecule has 7 nitrogen and oxygen atoms in total. The van der Waals surface area contributed by atoms with Gasteiger partial charge in [-0.3, -0.25) is 14.6 Å². The van der Waals surface area contributed by atoms with E-state index in [-0.39, 0.29) is 18.4 Å². The lowest BCUT2D eigenvalue weighted by atomic mass is 10.0. The van der Waals surface area contributed by atoms with Crippen molar-refractivity contribution >= 4 is 11.8 Å². The van der Waals surface area contributed by atoms with E-state index in [1.807, 2.05) is 30.3 Å². The topological polar surface area (TPSA) is 80.8 Å². The zero-order valence-corrected chi connectivity index (χ0v) is 17.4. The minimum Gasteiger partial charge on any atom is -0.497 e. The monoisotopic (exact) mass is 417 g/mol. The fraction of sp³-hybridized carbons (Fsp3) is 0.208. The molecule has 0 spiro atoms. The lowest BCUT2D eigenvalue weighted by Gasteiger charge is -2.25. The van der Waals surface area contributed by atoms with Gasteiger partial charge in [0.05, 0.1) is 20.8 Å². The Labute approximate surface area is 180 Å². The van der Waals surface area contributed by atoms with Crippen LogP contribution in [0.15, 0.2) is 67.0 Å². The highest BCUT2D eigenvalue weighted by Gasteiger charge is 2.41. The molecule has 4 rings (SSSR count). The molecule has 2 amide bonds. The molecule has 1 N–H and O–H groups in total. The molecule has 0 unspecified atom stereocenters. The van der Waals surface area contributed by atoms with Crippen molar-refractivity contribution in [2.24, 2.45) is 0 Å². The number of ether oxygens (including phenoxy) is 2. The first kappa shape index (κ1) is 20.4. The Bertz CT molecular complexity index is 1100. The number of fused-ring (bicyclic) bond motifs is 1. The third kappa shape index (κ3) is 4.07. The molecule has 31 heavy (non-hydrogen) atoms. The maximum Gasteiger partial charge on any atom is 0.255 e. The summed E-state index contributed by atoms with van der Waals surface area (Å²) in [6, 6.07) is 15.6. The normalized spacial score (nSPS) is 14.8. The number of nitrogens with zero attached hydrogens (tertiary/aromatic N) is 2. The van der Waals surface area contributed by atoms with Crippen LogP contribution < -0.4 is 14.8 Å². The predicted molar refractivity (Wildman–Crippen MR) is 115 cm³/mol. The summed E-state index contributed by atoms with van der Waals surface area (Å²) in [6.45, 7) is 0.536. The second-order valence-corrected chi connectivity index (χ2v) is 7.18. The maximum absolute atomic E-state index is 13.2. The maximum atomic E-state index is 13.2. The van der Waals surface area contributed by atoms with Gasteiger partial charge in [-0.15, -0.1) is 0 Å². The number of hydrogen-bond donors (Lipinski definition) is 1. The molecular formula is C24H23N3O4. The van der Waals surface area contributed by atoms with Crippen LogP contribution >= 0.6 is 0 Å². The van der Waals surface area contributed by atoms with Crippen molar-refractivity contribution in [3.63, 3.8) is 0 Å². The van der Waals surface area contributed by atoms with Gasteiger partial charge in [0.15, 0.2) is 0 Å². The van der Waals surface area contributed by atoms with Gasteiger partial charge in [-0.25, -0.2) is 0 Å². The average Bonchev–Trinajstić information content (AvgIpc) is 3.09. The zero-order valence-electron chi connectivity index (χ0n) is 17.4. The first-order chi connectivity index (χ1) is 15.1. The standard InChI is InChI=1S/C24H23N3O4/c1-30-18-9-10-21(31-2)17(12-18)15-27-22(19-7-3-4-8-20(19)24(27)29)23(28)26-14-16-6-5-11-25-13-16/h3-13,22H,14-15H2,1-2H3,(H,26,28)/t22-/m0/s1. The van der Waals surface area contributed by atoms with E-state index >= 15 is 0 Å². The highest BCUT2D eigenvalue weighted by Crippen LogP contribution is 2.37. The number of hydrogen-bond acceptors (Lipinski definition) is 5. The number of pyridine rings is 1. The van der Waals surface area contributed by atoms with E-state index in [1.54, 1.807) is 55.8 Å². The Balaban J connectivity index is 1.64. The summed E-state index contributed by atoms with van der Waals surface area (Å²) < 4.78 is 10.8. The molecule has 1 aliphatic heterocycles. The van der Waals surface area contributed by atoms with Gasteiger partial charge in [-0.05, 0) is 41.5 Å². The summed E-state index contributed by atoms with van der Waals surface area (Å²) in [5.41, 5.74) is 2.87. The van der Waals surface area contributed by atoms with Crippen LogP contribution in [0.1, 0.15) is 33.1 Å². The van der Waals surface area contributed by atoms with E-state index in [4.69, 9.17) is 9.47 Å². The molecule has 1 atom stereocenters. The molecule has 0 saturated carbocycles. The third-order valence-electron chi connectivity index (χ3n) is 5.32. The number of amides is 2. The van der Waals surface area contributed by atoms with Gasteiger partial charge in [-0.1, -0.05) is 24.3 Å². The van der Waals surface area contributed by atoms with Crippen molar-refractivity contribution in [2.75, 3.05) is 14.2 Å². The molecule has 1 aromatic heterocycles. The largest absolute Gasteiger partial charge is 0.497 e. The summed E-state index contributed by atoms with van der Waals surface area (Å²) in [5, 5.41) is 2.94. The van der Waals surface area contributed by atoms with Crippen LogP contribution in [-0.4, -0.2) is 35.9 Å². The van der Waals surface area contributed by atoms with Crippen molar-refractivity contribution in [1.29, 1.82) is 0 Å². The number of aromatic nitrogens is 1. The molecule has 158 valence electrons. The van der Waals surface area contributed by atoms with Gasteiger partial charge in [0.25, 0.3) is 5.91 Å². The van der Waals surface area contributed by atoms with E-state index in [0.29, 0.717) is 29.2 Å². The average molecular weight is 417 g/mol. The highest BCUT2D eigenvalue weighted by molar-refractivity contribution is 6.04. The predicted octanol–water partition coefficient (Wildman–Crippen LogP) is 3.11. The Morgan fingerprint density at radius 1 is 1.10 bits per heavy atom. The van der Waals surface area contributed by atoms with Gasteiger partial charge >= 0.3 is 0 Å². The van der Waals surface area contributed by atoms with Crippen LogP contribution in [0, 0.1) is 0 Å². The minimum absolute atomic E-state index is 0.193. The highest BCUT2D eigenvalue weighted by atomic mass is 16.5. The summed E-state index contributed by atoms with van der Waals surface area (Å²) in [7, 11) is 3.15. The third-order valence-corrected chi connectivity index (χ3v) is 5.32. The van der Waals surface area contributed by atoms with Crippen LogP contribution in [0.25, 0.3) is 0 Å². The SMILES string of the molecule is COc1ccc(OC)c(CN2C(=O)c3ccccc3[C@H]2C(=O)NCc2cccnc2)c1. The fourth-order valence-corrected chi connectivity index (χ4v) is 3.79. The lowest BCUT2D eigenvalue weighted by Crippen LogP contribution is -2.38. The van der Waals surface area contributed by atoms with Crippen molar-refractivity contribution in [2.45, 2.75) is 19.1 Å². The summed E-state index contributed by atoms with van der Waals surface area (Å²) >= 11 is 0. The Morgan fingerprint density at radius 2 is 1.94 bits per heavy atom. The molecule has 7 heteroatoms. The molecule has 2 aromatic carbocycles. The molecule has 0 fully saturated rings. The lowest BCUT2D eigenvalue weighted by molar-refractivity contribution is -0.125. The number of rotatable bonds is 7. The van der Waals surface area contributed by atoms with Crippen molar-refractivity contribution in [3.05, 3.63) is 89.2 Å². The van der Waals surface area contributed by atoms with Crippen LogP contribution in [-0.2, 0) is 17.9 Å². The minimum atomic E-state index is -0.740. The van der Waals surface area contributed by atoms with Gasteiger partial charge in [-0.2, -0.15) is 0 Å². The van der Waals surface area contributed by atoms with E-state index < -0.39 is 6.04 Å². The summed E-state index contributed by atoms with van der Waals surface area (Å²) in [6.07, 6.45) is 3.38. The summed E-state index contributed by atoms with van der Waals surface area (Å²) in [5.74, 6) is 0.836. The van der Waals surface area contributed by atoms with E-state index in [0.717, 1.165) is 11.1 Å². The van der Waals surface area contributed by atoms with E-state index in [1.165, 1.54) is 0 Å². The Morgan fingerprint density at radius 3 is 2.68 bits per heavy atom. The van der Waals surface area contributed by atoms with Crippen molar-refractivity contribution in [1.82, 2.24) is 15.2 Å². The molecule has 0 aliphatic carbocycles. The van der Waals surface area contributed by atoms with Gasteiger partial charge in [0.2, 0.25) is 5.91 Å². The van der Waals surface area contributed by atoms with E-state index in [9.17, 15) is 9.59 Å². The molecule has 0 bridgehead atoms. The van der Waals surface area contributed by atoms with Crippen LogP contribution in [0.5, 0.6) is 11.5 Å². The van der Waals surface area contributed by atoms with Crippen LogP contribution in [0.2, 0.25) is 0 Å². The van der Waals surface area contributed by atoms with Gasteiger partial charge < -0.3 is 19.7 Å². The molecule has 0 radical (unpaired) electrons.